The Balaban J connectivity index is 0.000000197. The van der Waals surface area contributed by atoms with Gasteiger partial charge in [0.25, 0.3) is 3.57 Å². The molecule has 0 radical (unpaired) electrons. The molecule has 9 heteroatoms. The summed E-state index contributed by atoms with van der Waals surface area (Å²) in [4.78, 5) is 0. The van der Waals surface area contributed by atoms with Gasteiger partial charge in [0.05, 0.1) is 21.3 Å². The van der Waals surface area contributed by atoms with E-state index in [0.717, 1.165) is 40.1 Å². The fraction of sp³-hybridized carbons (Fsp3) is 0.339. The van der Waals surface area contributed by atoms with E-state index in [1.807, 2.05) is 18.2 Å². The summed E-state index contributed by atoms with van der Waals surface area (Å²) in [7, 11) is 4.99. The van der Waals surface area contributed by atoms with E-state index < -0.39 is 0 Å². The van der Waals surface area contributed by atoms with Crippen molar-refractivity contribution in [3.8, 4) is 17.2 Å². The average molecular weight is 2250 g/mol. The zero-order valence-corrected chi connectivity index (χ0v) is 88.7. The highest BCUT2D eigenvalue weighted by atomic mass is 127. The molecule has 0 atom stereocenters. The predicted octanol–water partition coefficient (Wildman–Crippen LogP) is 10.1. The van der Waals surface area contributed by atoms with Gasteiger partial charge in [-0.3, -0.25) is 0 Å². The molecule has 0 bridgehead atoms. The van der Waals surface area contributed by atoms with Crippen molar-refractivity contribution in [2.45, 2.75) is 225 Å². The zero-order valence-electron chi connectivity index (χ0n) is 75.7. The quantitative estimate of drug-likeness (QED) is 0.0672. The summed E-state index contributed by atoms with van der Waals surface area (Å²) in [6.07, 6.45) is 3.45. The van der Waals surface area contributed by atoms with E-state index in [1.165, 1.54) is 63.9 Å². The molecule has 624 valence electrons. The molecule has 0 amide bonds. The maximum Gasteiger partial charge on any atom is 0.366 e. The highest BCUT2D eigenvalue weighted by Gasteiger charge is 2.37. The second-order valence-corrected chi connectivity index (χ2v) is 51.9. The van der Waals surface area contributed by atoms with Crippen molar-refractivity contribution >= 4 is 0 Å². The van der Waals surface area contributed by atoms with Crippen molar-refractivity contribution in [2.75, 3.05) is 21.3 Å². The van der Waals surface area contributed by atoms with Crippen LogP contribution < -0.4 is 141 Å². The first-order chi connectivity index (χ1) is 56.0. The number of benzene rings is 12. The summed E-state index contributed by atoms with van der Waals surface area (Å²) in [5.74, 6) is 4.18. The highest BCUT2D eigenvalue weighted by Crippen LogP contribution is 2.36. The van der Waals surface area contributed by atoms with Gasteiger partial charge in [-0.1, -0.05) is 321 Å². The van der Waals surface area contributed by atoms with E-state index in [1.54, 1.807) is 69.0 Å². The SMILES string of the molecule is CC(C)(C)c1cc(C(C)(C)C)c([I+]c2ccccc2)c(C(C)(C)C)c1.CC(C)(C)c1ccc([I+]c2ccccc2)cc1.CC(C)c1cc(C(C)C)c([I+]c2ccccc2)c(C(C)C)c1.CCc1cc(CC)c([I+]c2ccccc2)c(CC)c1.COc1cc(OC)c([I+]c2ccccc2)c(OC)c1.Cc1cc(C)c([I+]c2ccccc2)c(C)c1. The van der Waals surface area contributed by atoms with Crippen LogP contribution in [0.15, 0.2) is 267 Å². The molecule has 0 aliphatic heterocycles. The van der Waals surface area contributed by atoms with E-state index >= 15 is 0 Å². The van der Waals surface area contributed by atoms with Crippen LogP contribution in [0, 0.1) is 63.6 Å². The first kappa shape index (κ1) is 99.5. The number of halogens is 6. The maximum atomic E-state index is 5.47. The second kappa shape index (κ2) is 48.5. The molecule has 118 heavy (non-hydrogen) atoms. The predicted molar refractivity (Wildman–Crippen MR) is 481 cm³/mol. The molecule has 0 saturated carbocycles. The lowest BCUT2D eigenvalue weighted by Gasteiger charge is -2.29. The van der Waals surface area contributed by atoms with Gasteiger partial charge in [-0.2, -0.15) is 0 Å². The Morgan fingerprint density at radius 1 is 0.280 bits per heavy atom. The van der Waals surface area contributed by atoms with Crippen molar-refractivity contribution in [3.63, 3.8) is 0 Å². The molecular formula is C109H134I6O3+6. The highest BCUT2D eigenvalue weighted by molar-refractivity contribution is 5.43. The van der Waals surface area contributed by atoms with Gasteiger partial charge in [-0.05, 0) is 187 Å². The first-order valence-electron chi connectivity index (χ1n) is 41.7. The van der Waals surface area contributed by atoms with Gasteiger partial charge in [0.15, 0.2) is 40.1 Å². The third kappa shape index (κ3) is 31.6. The number of ether oxygens (including phenoxy) is 3. The van der Waals surface area contributed by atoms with Crippen LogP contribution in [0.3, 0.4) is 0 Å². The molecule has 0 unspecified atom stereocenters. The summed E-state index contributed by atoms with van der Waals surface area (Å²) in [5, 5.41) is 0. The van der Waals surface area contributed by atoms with Crippen LogP contribution in [0.25, 0.3) is 0 Å². The topological polar surface area (TPSA) is 27.7 Å². The summed E-state index contributed by atoms with van der Waals surface area (Å²) in [5.41, 5.74) is 20.3. The Morgan fingerprint density at radius 3 is 0.890 bits per heavy atom. The van der Waals surface area contributed by atoms with E-state index in [9.17, 15) is 0 Å². The summed E-state index contributed by atoms with van der Waals surface area (Å²) >= 11 is -0.755. The minimum absolute atomic E-state index is 0.0208. The lowest BCUT2D eigenvalue weighted by Crippen LogP contribution is -3.62. The van der Waals surface area contributed by atoms with Crippen LogP contribution >= 0.6 is 0 Å². The van der Waals surface area contributed by atoms with E-state index in [0.29, 0.717) is 17.8 Å². The van der Waals surface area contributed by atoms with Crippen LogP contribution in [-0.2, 0) is 40.9 Å². The summed E-state index contributed by atoms with van der Waals surface area (Å²) in [6, 6.07) is 97.4. The normalized spacial score (nSPS) is 11.4. The Labute approximate surface area is 777 Å². The van der Waals surface area contributed by atoms with E-state index in [2.05, 4.69) is 415 Å². The maximum absolute atomic E-state index is 5.47. The molecule has 0 fully saturated rings. The van der Waals surface area contributed by atoms with Gasteiger partial charge >= 0.3 is 127 Å². The largest absolute Gasteiger partial charge is 0.496 e. The Kier molecular flexibility index (Phi) is 40.9. The van der Waals surface area contributed by atoms with Crippen molar-refractivity contribution in [2.24, 2.45) is 0 Å². The molecule has 3 nitrogen and oxygen atoms in total. The van der Waals surface area contributed by atoms with Gasteiger partial charge in [-0.25, -0.2) is 0 Å². The van der Waals surface area contributed by atoms with Crippen LogP contribution in [-0.4, -0.2) is 21.3 Å². The molecule has 12 aromatic carbocycles. The fourth-order valence-electron chi connectivity index (χ4n) is 12.8. The lowest BCUT2D eigenvalue weighted by molar-refractivity contribution is -0.600. The van der Waals surface area contributed by atoms with Crippen molar-refractivity contribution < 1.29 is 141 Å². The minimum atomic E-state index is -0.351. The minimum Gasteiger partial charge on any atom is -0.496 e. The molecule has 12 aromatic rings. The van der Waals surface area contributed by atoms with Gasteiger partial charge in [0.2, 0.25) is 10.7 Å². The molecule has 0 saturated heterocycles. The Hall–Kier alpha value is -5.58. The first-order valence-corrected chi connectivity index (χ1v) is 54.6. The third-order valence-electron chi connectivity index (χ3n) is 19.7. The molecular weight excluding hydrogens is 2120 g/mol. The van der Waals surface area contributed by atoms with Gasteiger partial charge in [-0.15, -0.1) is 0 Å². The fourth-order valence-corrected chi connectivity index (χ4v) is 30.9. The summed E-state index contributed by atoms with van der Waals surface area (Å²) in [6.45, 7) is 55.3. The smallest absolute Gasteiger partial charge is 0.366 e. The van der Waals surface area contributed by atoms with E-state index in [4.69, 9.17) is 14.2 Å². The number of rotatable bonds is 21. The van der Waals surface area contributed by atoms with Crippen LogP contribution in [0.4, 0.5) is 0 Å². The number of aryl methyl sites for hydroxylation is 6. The lowest BCUT2D eigenvalue weighted by atomic mass is 9.75. The Morgan fingerprint density at radius 2 is 0.593 bits per heavy atom. The zero-order chi connectivity index (χ0) is 86.5. The van der Waals surface area contributed by atoms with Gasteiger partial charge in [0, 0.05) is 56.6 Å². The standard InChI is InChI=1S/C24H34I.C21H28I.C18H22I.C16H18I.C15H16IO3.C15H16I/c1-22(2,3)17-15-19(23(4,5)6)21(20(16-17)24(7,8)9)25-18-13-11-10-12-14-18;1-14(2)17-12-19(15(3)4)21(20(13-17)16(5)6)22-18-10-8-7-9-11-18;1-4-14-12-15(5-2)18(16(6-3)13-14)19-17-10-8-7-9-11-17;1-16(2,3)13-9-11-15(12-10-13)17-14-7-5-4-6-8-14;1-17-12-9-13(18-2)15(14(10-12)19-3)16-11-7-5-4-6-8-11;1-11-9-12(2)15(13(3)10-11)16-14-7-5-4-6-8-14/h10-16H,1-9H3;7-16H,1-6H3;7-13H,4-6H2,1-3H3;4-12H,1-3H3;4-10H,1-3H3;4-10H,1-3H3/q6*+1. The van der Waals surface area contributed by atoms with Gasteiger partial charge < -0.3 is 14.2 Å². The second-order valence-electron chi connectivity index (χ2n) is 34.6. The van der Waals surface area contributed by atoms with Crippen LogP contribution in [0.2, 0.25) is 0 Å². The number of hydrogen-bond donors (Lipinski definition) is 0. The molecule has 0 N–H and O–H groups in total. The molecule has 0 spiro atoms. The van der Waals surface area contributed by atoms with Crippen LogP contribution in [0.5, 0.6) is 17.2 Å². The molecule has 0 heterocycles. The van der Waals surface area contributed by atoms with Crippen molar-refractivity contribution in [1.82, 2.24) is 0 Å². The third-order valence-corrected chi connectivity index (χ3v) is 38.3. The number of methoxy groups -OCH3 is 3. The van der Waals surface area contributed by atoms with Crippen molar-refractivity contribution in [1.29, 1.82) is 0 Å². The molecule has 0 aromatic heterocycles. The average Bonchev–Trinajstić information content (AvgIpc) is 0.760. The summed E-state index contributed by atoms with van der Waals surface area (Å²) < 4.78 is 34.2. The Bertz CT molecular complexity index is 4750. The molecule has 12 rings (SSSR count). The van der Waals surface area contributed by atoms with Crippen molar-refractivity contribution in [3.05, 3.63) is 382 Å². The molecule has 0 aliphatic rings. The van der Waals surface area contributed by atoms with E-state index in [-0.39, 0.29) is 149 Å². The van der Waals surface area contributed by atoms with Gasteiger partial charge in [0.1, 0.15) is 5.75 Å². The van der Waals surface area contributed by atoms with Crippen LogP contribution in [0.1, 0.15) is 235 Å². The monoisotopic (exact) mass is 2250 g/mol. The number of hydrogen-bond acceptors (Lipinski definition) is 3. The molecule has 0 aliphatic carbocycles.